The molecule has 1 aliphatic rings. The second kappa shape index (κ2) is 7.98. The Morgan fingerprint density at radius 2 is 1.73 bits per heavy atom. The molecule has 0 saturated carbocycles. The zero-order valence-corrected chi connectivity index (χ0v) is 15.5. The van der Waals surface area contributed by atoms with Gasteiger partial charge in [0.15, 0.2) is 0 Å². The van der Waals surface area contributed by atoms with E-state index in [1.165, 1.54) is 12.1 Å². The Labute approximate surface area is 161 Å². The lowest BCUT2D eigenvalue weighted by Gasteiger charge is -2.15. The van der Waals surface area contributed by atoms with Crippen LogP contribution in [0.1, 0.15) is 39.1 Å². The SMILES string of the molecule is Nc1c(Cl)cc(Cl)cc1C(=O)OCc1ccc(C(=O)N2CCCC2)cc1. The van der Waals surface area contributed by atoms with E-state index in [1.807, 2.05) is 4.90 Å². The number of rotatable bonds is 4. The summed E-state index contributed by atoms with van der Waals surface area (Å²) in [6.45, 7) is 1.67. The van der Waals surface area contributed by atoms with Gasteiger partial charge in [0, 0.05) is 23.7 Å². The summed E-state index contributed by atoms with van der Waals surface area (Å²) >= 11 is 11.8. The van der Waals surface area contributed by atoms with Crippen molar-refractivity contribution in [2.24, 2.45) is 0 Å². The van der Waals surface area contributed by atoms with E-state index in [2.05, 4.69) is 0 Å². The van der Waals surface area contributed by atoms with E-state index in [0.717, 1.165) is 31.5 Å². The van der Waals surface area contributed by atoms with E-state index < -0.39 is 5.97 Å². The number of nitrogens with two attached hydrogens (primary N) is 1. The Morgan fingerprint density at radius 1 is 1.08 bits per heavy atom. The van der Waals surface area contributed by atoms with Crippen molar-refractivity contribution in [3.8, 4) is 0 Å². The number of carbonyl (C=O) groups excluding carboxylic acids is 2. The third kappa shape index (κ3) is 4.11. The van der Waals surface area contributed by atoms with Crippen LogP contribution in [0, 0.1) is 0 Å². The first-order chi connectivity index (χ1) is 12.5. The number of amides is 1. The molecule has 0 aromatic heterocycles. The Bertz CT molecular complexity index is 831. The Morgan fingerprint density at radius 3 is 2.38 bits per heavy atom. The van der Waals surface area contributed by atoms with Gasteiger partial charge in [-0.1, -0.05) is 35.3 Å². The molecule has 1 amide bonds. The Kier molecular flexibility index (Phi) is 5.69. The van der Waals surface area contributed by atoms with Crippen LogP contribution in [-0.2, 0) is 11.3 Å². The minimum atomic E-state index is -0.607. The average Bonchev–Trinajstić information content (AvgIpc) is 3.17. The zero-order chi connectivity index (χ0) is 18.7. The molecule has 5 nitrogen and oxygen atoms in total. The number of carbonyl (C=O) groups is 2. The summed E-state index contributed by atoms with van der Waals surface area (Å²) in [6, 6.07) is 9.91. The predicted molar refractivity (Wildman–Crippen MR) is 102 cm³/mol. The fraction of sp³-hybridized carbons (Fsp3) is 0.263. The molecule has 0 bridgehead atoms. The van der Waals surface area contributed by atoms with Gasteiger partial charge in [-0.3, -0.25) is 4.79 Å². The summed E-state index contributed by atoms with van der Waals surface area (Å²) in [5.41, 5.74) is 7.46. The number of hydrogen-bond acceptors (Lipinski definition) is 4. The van der Waals surface area contributed by atoms with Gasteiger partial charge < -0.3 is 15.4 Å². The highest BCUT2D eigenvalue weighted by atomic mass is 35.5. The number of nitrogens with zero attached hydrogens (tertiary/aromatic N) is 1. The molecular weight excluding hydrogens is 375 g/mol. The molecule has 0 radical (unpaired) electrons. The highest BCUT2D eigenvalue weighted by Gasteiger charge is 2.19. The minimum Gasteiger partial charge on any atom is -0.457 e. The van der Waals surface area contributed by atoms with E-state index in [1.54, 1.807) is 24.3 Å². The molecule has 2 aromatic carbocycles. The van der Waals surface area contributed by atoms with Gasteiger partial charge in [-0.05, 0) is 42.7 Å². The largest absolute Gasteiger partial charge is 0.457 e. The van der Waals surface area contributed by atoms with Crippen LogP contribution in [0.3, 0.4) is 0 Å². The average molecular weight is 393 g/mol. The lowest BCUT2D eigenvalue weighted by atomic mass is 10.1. The summed E-state index contributed by atoms with van der Waals surface area (Å²) in [5.74, 6) is -0.573. The van der Waals surface area contributed by atoms with Gasteiger partial charge in [0.25, 0.3) is 5.91 Å². The number of benzene rings is 2. The number of likely N-dealkylation sites (tertiary alicyclic amines) is 1. The van der Waals surface area contributed by atoms with E-state index in [4.69, 9.17) is 33.7 Å². The standard InChI is InChI=1S/C19H18Cl2N2O3/c20-14-9-15(17(22)16(21)10-14)19(25)26-11-12-3-5-13(6-4-12)18(24)23-7-1-2-8-23/h3-6,9-10H,1-2,7-8,11,22H2. The van der Waals surface area contributed by atoms with Crippen molar-refractivity contribution in [1.82, 2.24) is 4.90 Å². The van der Waals surface area contributed by atoms with Crippen LogP contribution in [0.4, 0.5) is 5.69 Å². The van der Waals surface area contributed by atoms with Crippen LogP contribution in [0.15, 0.2) is 36.4 Å². The molecule has 1 saturated heterocycles. The molecule has 0 aliphatic carbocycles. The highest BCUT2D eigenvalue weighted by molar-refractivity contribution is 6.37. The third-order valence-electron chi connectivity index (χ3n) is 4.28. The fourth-order valence-corrected chi connectivity index (χ4v) is 3.32. The van der Waals surface area contributed by atoms with Crippen molar-refractivity contribution in [3.05, 3.63) is 63.1 Å². The van der Waals surface area contributed by atoms with Crippen molar-refractivity contribution >= 4 is 40.8 Å². The molecular formula is C19H18Cl2N2O3. The number of ether oxygens (including phenoxy) is 1. The van der Waals surface area contributed by atoms with E-state index in [-0.39, 0.29) is 28.8 Å². The zero-order valence-electron chi connectivity index (χ0n) is 14.0. The van der Waals surface area contributed by atoms with Crippen molar-refractivity contribution in [2.75, 3.05) is 18.8 Å². The number of hydrogen-bond donors (Lipinski definition) is 1. The Hall–Kier alpha value is -2.24. The lowest BCUT2D eigenvalue weighted by Crippen LogP contribution is -2.27. The third-order valence-corrected chi connectivity index (χ3v) is 4.81. The van der Waals surface area contributed by atoms with Crippen LogP contribution in [-0.4, -0.2) is 29.9 Å². The molecule has 0 unspecified atom stereocenters. The monoisotopic (exact) mass is 392 g/mol. The summed E-state index contributed by atoms with van der Waals surface area (Å²) < 4.78 is 5.27. The fourth-order valence-electron chi connectivity index (χ4n) is 2.83. The van der Waals surface area contributed by atoms with Crippen molar-refractivity contribution < 1.29 is 14.3 Å². The van der Waals surface area contributed by atoms with E-state index in [9.17, 15) is 9.59 Å². The van der Waals surface area contributed by atoms with Gasteiger partial charge in [-0.25, -0.2) is 4.79 Å². The maximum atomic E-state index is 12.3. The molecule has 2 N–H and O–H groups in total. The van der Waals surface area contributed by atoms with Crippen LogP contribution in [0.5, 0.6) is 0 Å². The van der Waals surface area contributed by atoms with Crippen LogP contribution in [0.2, 0.25) is 10.0 Å². The van der Waals surface area contributed by atoms with Crippen molar-refractivity contribution in [1.29, 1.82) is 0 Å². The molecule has 0 atom stereocenters. The van der Waals surface area contributed by atoms with Gasteiger partial charge in [0.1, 0.15) is 6.61 Å². The number of halogens is 2. The number of esters is 1. The molecule has 26 heavy (non-hydrogen) atoms. The first-order valence-electron chi connectivity index (χ1n) is 8.25. The lowest BCUT2D eigenvalue weighted by molar-refractivity contribution is 0.0473. The Balaban J connectivity index is 1.63. The van der Waals surface area contributed by atoms with Crippen LogP contribution < -0.4 is 5.73 Å². The van der Waals surface area contributed by atoms with Gasteiger partial charge in [-0.15, -0.1) is 0 Å². The molecule has 2 aromatic rings. The minimum absolute atomic E-state index is 0.0346. The van der Waals surface area contributed by atoms with Crippen LogP contribution in [0.25, 0.3) is 0 Å². The normalized spacial score (nSPS) is 13.7. The summed E-state index contributed by atoms with van der Waals surface area (Å²) in [4.78, 5) is 26.4. The van der Waals surface area contributed by atoms with Crippen LogP contribution >= 0.6 is 23.2 Å². The first-order valence-corrected chi connectivity index (χ1v) is 9.01. The molecule has 0 spiro atoms. The van der Waals surface area contributed by atoms with E-state index >= 15 is 0 Å². The molecule has 1 fully saturated rings. The van der Waals surface area contributed by atoms with Gasteiger partial charge in [0.2, 0.25) is 0 Å². The number of nitrogen functional groups attached to an aromatic ring is 1. The summed E-state index contributed by atoms with van der Waals surface area (Å²) in [5, 5.41) is 0.509. The van der Waals surface area contributed by atoms with E-state index in [0.29, 0.717) is 10.6 Å². The summed E-state index contributed by atoms with van der Waals surface area (Å²) in [6.07, 6.45) is 2.10. The van der Waals surface area contributed by atoms with Crippen molar-refractivity contribution in [2.45, 2.75) is 19.4 Å². The summed E-state index contributed by atoms with van der Waals surface area (Å²) in [7, 11) is 0. The topological polar surface area (TPSA) is 72.6 Å². The second-order valence-corrected chi connectivity index (χ2v) is 6.96. The highest BCUT2D eigenvalue weighted by Crippen LogP contribution is 2.28. The second-order valence-electron chi connectivity index (χ2n) is 6.12. The smallest absolute Gasteiger partial charge is 0.340 e. The predicted octanol–water partition coefficient (Wildman–Crippen LogP) is 4.17. The first kappa shape index (κ1) is 18.5. The molecule has 1 heterocycles. The quantitative estimate of drug-likeness (QED) is 0.625. The molecule has 136 valence electrons. The van der Waals surface area contributed by atoms with Gasteiger partial charge >= 0.3 is 5.97 Å². The molecule has 1 aliphatic heterocycles. The van der Waals surface area contributed by atoms with Gasteiger partial charge in [0.05, 0.1) is 16.3 Å². The molecule has 3 rings (SSSR count). The molecule has 7 heteroatoms. The maximum Gasteiger partial charge on any atom is 0.340 e. The van der Waals surface area contributed by atoms with Crippen molar-refractivity contribution in [3.63, 3.8) is 0 Å². The maximum absolute atomic E-state index is 12.3. The van der Waals surface area contributed by atoms with Gasteiger partial charge in [-0.2, -0.15) is 0 Å². The number of anilines is 1.